The van der Waals surface area contributed by atoms with E-state index in [1.807, 2.05) is 13.8 Å². The van der Waals surface area contributed by atoms with Crippen LogP contribution in [0.4, 0.5) is 0 Å². The lowest BCUT2D eigenvalue weighted by Crippen LogP contribution is -2.10. The van der Waals surface area contributed by atoms with Crippen molar-refractivity contribution in [1.29, 1.82) is 0 Å². The Morgan fingerprint density at radius 1 is 1.62 bits per heavy atom. The molecule has 0 radical (unpaired) electrons. The highest BCUT2D eigenvalue weighted by Crippen LogP contribution is 1.84. The van der Waals surface area contributed by atoms with Crippen LogP contribution in [0.2, 0.25) is 0 Å². The highest BCUT2D eigenvalue weighted by molar-refractivity contribution is 5.72. The standard InChI is InChI=1S/C3H6N2O.C2H6/c4-3-5-1-2-6-3;1-2/h1-2H2,(H2,4,5);1-2H3. The lowest BCUT2D eigenvalue weighted by molar-refractivity contribution is 0.342. The SMILES string of the molecule is CC.NC1=NCCO1. The van der Waals surface area contributed by atoms with Gasteiger partial charge in [0.25, 0.3) is 6.02 Å². The van der Waals surface area contributed by atoms with Crippen molar-refractivity contribution in [3.8, 4) is 0 Å². The van der Waals surface area contributed by atoms with Crippen molar-refractivity contribution in [1.82, 2.24) is 0 Å². The van der Waals surface area contributed by atoms with Gasteiger partial charge in [-0.1, -0.05) is 13.8 Å². The minimum absolute atomic E-state index is 0.329. The number of hydrogen-bond donors (Lipinski definition) is 1. The summed E-state index contributed by atoms with van der Waals surface area (Å²) < 4.78 is 4.68. The molecule has 0 bridgehead atoms. The molecule has 2 N–H and O–H groups in total. The van der Waals surface area contributed by atoms with Gasteiger partial charge in [0, 0.05) is 0 Å². The summed E-state index contributed by atoms with van der Waals surface area (Å²) in [5.41, 5.74) is 5.06. The second-order valence-electron chi connectivity index (χ2n) is 1.07. The zero-order chi connectivity index (χ0) is 6.41. The third kappa shape index (κ3) is 2.44. The maximum atomic E-state index is 5.06. The van der Waals surface area contributed by atoms with Gasteiger partial charge in [0.1, 0.15) is 6.61 Å². The van der Waals surface area contributed by atoms with Crippen molar-refractivity contribution in [3.63, 3.8) is 0 Å². The molecule has 3 nitrogen and oxygen atoms in total. The molecular formula is C5H12N2O. The van der Waals surface area contributed by atoms with E-state index in [0.717, 1.165) is 6.54 Å². The van der Waals surface area contributed by atoms with Gasteiger partial charge < -0.3 is 10.5 Å². The van der Waals surface area contributed by atoms with Gasteiger partial charge in [-0.05, 0) is 0 Å². The Morgan fingerprint density at radius 3 is 2.38 bits per heavy atom. The van der Waals surface area contributed by atoms with E-state index in [0.29, 0.717) is 12.6 Å². The first-order valence-electron chi connectivity index (χ1n) is 2.82. The lowest BCUT2D eigenvalue weighted by atomic mass is 10.8. The molecule has 0 atom stereocenters. The van der Waals surface area contributed by atoms with Crippen LogP contribution < -0.4 is 5.73 Å². The second kappa shape index (κ2) is 4.43. The van der Waals surface area contributed by atoms with E-state index in [1.165, 1.54) is 0 Å². The first-order chi connectivity index (χ1) is 3.89. The Labute approximate surface area is 49.5 Å². The van der Waals surface area contributed by atoms with E-state index in [2.05, 4.69) is 9.73 Å². The van der Waals surface area contributed by atoms with Crippen LogP contribution in [0, 0.1) is 0 Å². The summed E-state index contributed by atoms with van der Waals surface area (Å²) in [4.78, 5) is 3.71. The van der Waals surface area contributed by atoms with Crippen LogP contribution in [-0.2, 0) is 4.74 Å². The van der Waals surface area contributed by atoms with Gasteiger partial charge in [-0.2, -0.15) is 0 Å². The zero-order valence-corrected chi connectivity index (χ0v) is 5.35. The summed E-state index contributed by atoms with van der Waals surface area (Å²) in [6, 6.07) is 0.329. The number of amidine groups is 1. The Bertz CT molecular complexity index is 80.5. The number of hydrogen-bond acceptors (Lipinski definition) is 3. The molecule has 0 saturated carbocycles. The van der Waals surface area contributed by atoms with Crippen molar-refractivity contribution >= 4 is 6.02 Å². The predicted octanol–water partition coefficient (Wildman–Crippen LogP) is 0.358. The number of nitrogens with two attached hydrogens (primary N) is 1. The number of rotatable bonds is 0. The molecule has 1 heterocycles. The summed E-state index contributed by atoms with van der Waals surface area (Å²) in [6.07, 6.45) is 0. The summed E-state index contributed by atoms with van der Waals surface area (Å²) in [5.74, 6) is 0. The number of nitrogens with zero attached hydrogens (tertiary/aromatic N) is 1. The monoisotopic (exact) mass is 116 g/mol. The first kappa shape index (κ1) is 7.27. The van der Waals surface area contributed by atoms with Gasteiger partial charge >= 0.3 is 0 Å². The number of ether oxygens (including phenoxy) is 1. The third-order valence-electron chi connectivity index (χ3n) is 0.609. The van der Waals surface area contributed by atoms with Crippen LogP contribution in [-0.4, -0.2) is 19.2 Å². The van der Waals surface area contributed by atoms with Crippen molar-refractivity contribution in [2.45, 2.75) is 13.8 Å². The Hall–Kier alpha value is -0.730. The van der Waals surface area contributed by atoms with Crippen LogP contribution >= 0.6 is 0 Å². The molecule has 0 unspecified atom stereocenters. The average Bonchev–Trinajstić information content (AvgIpc) is 2.24. The van der Waals surface area contributed by atoms with Gasteiger partial charge in [-0.15, -0.1) is 0 Å². The van der Waals surface area contributed by atoms with E-state index in [1.54, 1.807) is 0 Å². The predicted molar refractivity (Wildman–Crippen MR) is 33.8 cm³/mol. The van der Waals surface area contributed by atoms with E-state index in [-0.39, 0.29) is 0 Å². The van der Waals surface area contributed by atoms with E-state index < -0.39 is 0 Å². The Balaban J connectivity index is 0.000000222. The summed E-state index contributed by atoms with van der Waals surface area (Å²) in [7, 11) is 0. The van der Waals surface area contributed by atoms with E-state index in [9.17, 15) is 0 Å². The molecular weight excluding hydrogens is 104 g/mol. The quantitative estimate of drug-likeness (QED) is 0.496. The molecule has 0 spiro atoms. The summed E-state index contributed by atoms with van der Waals surface area (Å²) in [5, 5.41) is 0. The molecule has 0 aromatic rings. The fraction of sp³-hybridized carbons (Fsp3) is 0.800. The maximum Gasteiger partial charge on any atom is 0.282 e. The molecule has 0 amide bonds. The second-order valence-corrected chi connectivity index (χ2v) is 1.07. The molecule has 0 aromatic heterocycles. The highest BCUT2D eigenvalue weighted by atomic mass is 16.5. The fourth-order valence-electron chi connectivity index (χ4n) is 0.352. The van der Waals surface area contributed by atoms with Crippen LogP contribution in [0.15, 0.2) is 4.99 Å². The van der Waals surface area contributed by atoms with Crippen molar-refractivity contribution in [2.24, 2.45) is 10.7 Å². The molecule has 1 aliphatic rings. The van der Waals surface area contributed by atoms with Crippen molar-refractivity contribution < 1.29 is 4.74 Å². The maximum absolute atomic E-state index is 5.06. The lowest BCUT2D eigenvalue weighted by Gasteiger charge is -1.86. The van der Waals surface area contributed by atoms with Crippen LogP contribution in [0.3, 0.4) is 0 Å². The van der Waals surface area contributed by atoms with Gasteiger partial charge in [-0.3, -0.25) is 0 Å². The summed E-state index contributed by atoms with van der Waals surface area (Å²) >= 11 is 0. The topological polar surface area (TPSA) is 47.6 Å². The minimum atomic E-state index is 0.329. The van der Waals surface area contributed by atoms with Crippen LogP contribution in [0.25, 0.3) is 0 Å². The third-order valence-corrected chi connectivity index (χ3v) is 0.609. The number of aliphatic imine (C=N–C) groups is 1. The molecule has 0 aromatic carbocycles. The van der Waals surface area contributed by atoms with Crippen LogP contribution in [0.5, 0.6) is 0 Å². The molecule has 1 rings (SSSR count). The van der Waals surface area contributed by atoms with E-state index >= 15 is 0 Å². The van der Waals surface area contributed by atoms with Gasteiger partial charge in [0.05, 0.1) is 6.54 Å². The largest absolute Gasteiger partial charge is 0.463 e. The van der Waals surface area contributed by atoms with Crippen molar-refractivity contribution in [3.05, 3.63) is 0 Å². The molecule has 0 fully saturated rings. The molecule has 8 heavy (non-hydrogen) atoms. The molecule has 0 aliphatic carbocycles. The molecule has 1 aliphatic heterocycles. The Kier molecular flexibility index (Phi) is 4.03. The molecule has 3 heteroatoms. The van der Waals surface area contributed by atoms with Gasteiger partial charge in [0.15, 0.2) is 0 Å². The van der Waals surface area contributed by atoms with E-state index in [4.69, 9.17) is 5.73 Å². The molecule has 0 saturated heterocycles. The Morgan fingerprint density at radius 2 is 2.25 bits per heavy atom. The summed E-state index contributed by atoms with van der Waals surface area (Å²) in [6.45, 7) is 5.39. The first-order valence-corrected chi connectivity index (χ1v) is 2.82. The van der Waals surface area contributed by atoms with Crippen molar-refractivity contribution in [2.75, 3.05) is 13.2 Å². The van der Waals surface area contributed by atoms with Gasteiger partial charge in [-0.25, -0.2) is 4.99 Å². The highest BCUT2D eigenvalue weighted by Gasteiger charge is 1.97. The minimum Gasteiger partial charge on any atom is -0.463 e. The average molecular weight is 116 g/mol. The smallest absolute Gasteiger partial charge is 0.282 e. The van der Waals surface area contributed by atoms with Gasteiger partial charge in [0.2, 0.25) is 0 Å². The normalized spacial score (nSPS) is 15.5. The zero-order valence-electron chi connectivity index (χ0n) is 5.35. The molecule has 48 valence electrons. The van der Waals surface area contributed by atoms with Crippen LogP contribution in [0.1, 0.15) is 13.8 Å². The fourth-order valence-corrected chi connectivity index (χ4v) is 0.352.